The van der Waals surface area contributed by atoms with Gasteiger partial charge in [-0.3, -0.25) is 0 Å². The van der Waals surface area contributed by atoms with E-state index in [9.17, 15) is 4.79 Å². The number of aliphatic carboxylic acids is 1. The molecular formula is C12H20O3. The molecule has 0 heterocycles. The molecule has 0 saturated heterocycles. The van der Waals surface area contributed by atoms with Gasteiger partial charge in [0.15, 0.2) is 0 Å². The minimum Gasteiger partial charge on any atom is -0.478 e. The lowest BCUT2D eigenvalue weighted by molar-refractivity contribution is -0.131. The van der Waals surface area contributed by atoms with Crippen molar-refractivity contribution in [2.75, 3.05) is 6.61 Å². The zero-order valence-corrected chi connectivity index (χ0v) is 9.37. The molecule has 1 aliphatic carbocycles. The first-order valence-electron chi connectivity index (χ1n) is 5.70. The van der Waals surface area contributed by atoms with Gasteiger partial charge < -0.3 is 9.84 Å². The molecule has 0 unspecified atom stereocenters. The van der Waals surface area contributed by atoms with Crippen LogP contribution >= 0.6 is 0 Å². The Labute approximate surface area is 91.1 Å². The fraction of sp³-hybridized carbons (Fsp3) is 0.750. The van der Waals surface area contributed by atoms with Crippen LogP contribution < -0.4 is 0 Å². The minimum absolute atomic E-state index is 0.338. The van der Waals surface area contributed by atoms with Gasteiger partial charge in [0, 0.05) is 6.08 Å². The zero-order chi connectivity index (χ0) is 11.1. The van der Waals surface area contributed by atoms with Gasteiger partial charge in [-0.25, -0.2) is 4.79 Å². The molecule has 1 aliphatic rings. The number of carboxylic acid groups (broad SMARTS) is 1. The maximum absolute atomic E-state index is 10.4. The van der Waals surface area contributed by atoms with Crippen molar-refractivity contribution in [2.45, 2.75) is 51.6 Å². The number of ether oxygens (including phenoxy) is 1. The van der Waals surface area contributed by atoms with Crippen LogP contribution in [0.5, 0.6) is 0 Å². The Morgan fingerprint density at radius 2 is 1.93 bits per heavy atom. The van der Waals surface area contributed by atoms with Crippen LogP contribution in [-0.2, 0) is 9.53 Å². The van der Waals surface area contributed by atoms with Crippen molar-refractivity contribution >= 4 is 5.97 Å². The summed E-state index contributed by atoms with van der Waals surface area (Å²) in [4.78, 5) is 10.4. The van der Waals surface area contributed by atoms with E-state index in [2.05, 4.69) is 0 Å². The summed E-state index contributed by atoms with van der Waals surface area (Å²) >= 11 is 0. The van der Waals surface area contributed by atoms with Crippen molar-refractivity contribution in [3.63, 3.8) is 0 Å². The quantitative estimate of drug-likeness (QED) is 0.575. The summed E-state index contributed by atoms with van der Waals surface area (Å²) in [5.74, 6) is -0.892. The molecule has 0 spiro atoms. The van der Waals surface area contributed by atoms with E-state index in [1.807, 2.05) is 0 Å². The smallest absolute Gasteiger partial charge is 0.328 e. The Balaban J connectivity index is 2.25. The fourth-order valence-corrected chi connectivity index (χ4v) is 1.91. The van der Waals surface area contributed by atoms with Crippen molar-refractivity contribution in [1.82, 2.24) is 0 Å². The van der Waals surface area contributed by atoms with Crippen LogP contribution in [0, 0.1) is 0 Å². The highest BCUT2D eigenvalue weighted by molar-refractivity contribution is 5.80. The van der Waals surface area contributed by atoms with Crippen LogP contribution in [0.2, 0.25) is 0 Å². The maximum atomic E-state index is 10.4. The molecule has 1 rings (SSSR count). The molecule has 1 fully saturated rings. The summed E-state index contributed by atoms with van der Waals surface area (Å²) in [6.07, 6.45) is 8.91. The SMILES string of the molecule is CC(=CC(=O)O)COC1CCCCCC1. The van der Waals surface area contributed by atoms with E-state index in [4.69, 9.17) is 9.84 Å². The van der Waals surface area contributed by atoms with Gasteiger partial charge in [0.05, 0.1) is 12.7 Å². The molecule has 0 aromatic rings. The predicted molar refractivity (Wildman–Crippen MR) is 58.8 cm³/mol. The largest absolute Gasteiger partial charge is 0.478 e. The third-order valence-electron chi connectivity index (χ3n) is 2.72. The van der Waals surface area contributed by atoms with Crippen molar-refractivity contribution in [3.8, 4) is 0 Å². The standard InChI is InChI=1S/C12H20O3/c1-10(8-12(13)14)9-15-11-6-4-2-3-5-7-11/h8,11H,2-7,9H2,1H3,(H,13,14). The molecule has 3 heteroatoms. The lowest BCUT2D eigenvalue weighted by Crippen LogP contribution is -2.13. The monoisotopic (exact) mass is 212 g/mol. The van der Waals surface area contributed by atoms with Gasteiger partial charge in [-0.1, -0.05) is 25.7 Å². The topological polar surface area (TPSA) is 46.5 Å². The van der Waals surface area contributed by atoms with Crippen molar-refractivity contribution in [1.29, 1.82) is 0 Å². The van der Waals surface area contributed by atoms with E-state index in [-0.39, 0.29) is 0 Å². The van der Waals surface area contributed by atoms with Gasteiger partial charge in [-0.15, -0.1) is 0 Å². The number of carbonyl (C=O) groups is 1. The fourth-order valence-electron chi connectivity index (χ4n) is 1.91. The highest BCUT2D eigenvalue weighted by Gasteiger charge is 2.12. The number of carboxylic acids is 1. The highest BCUT2D eigenvalue weighted by Crippen LogP contribution is 2.20. The lowest BCUT2D eigenvalue weighted by Gasteiger charge is -2.15. The molecule has 0 bridgehead atoms. The molecule has 3 nitrogen and oxygen atoms in total. The average Bonchev–Trinajstić information content (AvgIpc) is 2.41. The zero-order valence-electron chi connectivity index (χ0n) is 9.37. The van der Waals surface area contributed by atoms with Gasteiger partial charge in [-0.05, 0) is 25.3 Å². The van der Waals surface area contributed by atoms with E-state index >= 15 is 0 Å². The first-order valence-corrected chi connectivity index (χ1v) is 5.70. The van der Waals surface area contributed by atoms with Gasteiger partial charge >= 0.3 is 5.97 Å². The van der Waals surface area contributed by atoms with Gasteiger partial charge in [0.2, 0.25) is 0 Å². The first kappa shape index (κ1) is 12.2. The number of hydrogen-bond donors (Lipinski definition) is 1. The summed E-state index contributed by atoms with van der Waals surface area (Å²) in [5, 5.41) is 8.53. The van der Waals surface area contributed by atoms with E-state index in [0.29, 0.717) is 12.7 Å². The van der Waals surface area contributed by atoms with Crippen LogP contribution in [0.1, 0.15) is 45.4 Å². The summed E-state index contributed by atoms with van der Waals surface area (Å²) in [6, 6.07) is 0. The molecular weight excluding hydrogens is 192 g/mol. The molecule has 0 aromatic heterocycles. The van der Waals surface area contributed by atoms with Gasteiger partial charge in [0.25, 0.3) is 0 Å². The van der Waals surface area contributed by atoms with Crippen LogP contribution in [0.15, 0.2) is 11.6 Å². The third kappa shape index (κ3) is 5.57. The molecule has 0 atom stereocenters. The second-order valence-corrected chi connectivity index (χ2v) is 4.25. The summed E-state index contributed by atoms with van der Waals surface area (Å²) in [5.41, 5.74) is 0.784. The number of hydrogen-bond acceptors (Lipinski definition) is 2. The Kier molecular flexibility index (Phi) is 5.40. The number of rotatable bonds is 4. The Morgan fingerprint density at radius 3 is 2.47 bits per heavy atom. The van der Waals surface area contributed by atoms with E-state index in [1.54, 1.807) is 6.92 Å². The molecule has 0 aromatic carbocycles. The molecule has 15 heavy (non-hydrogen) atoms. The summed E-state index contributed by atoms with van der Waals surface area (Å²) in [6.45, 7) is 2.25. The molecule has 1 saturated carbocycles. The van der Waals surface area contributed by atoms with Crippen LogP contribution in [-0.4, -0.2) is 23.8 Å². The van der Waals surface area contributed by atoms with E-state index in [0.717, 1.165) is 18.4 Å². The highest BCUT2D eigenvalue weighted by atomic mass is 16.5. The van der Waals surface area contributed by atoms with E-state index in [1.165, 1.54) is 31.8 Å². The van der Waals surface area contributed by atoms with Crippen LogP contribution in [0.4, 0.5) is 0 Å². The second-order valence-electron chi connectivity index (χ2n) is 4.25. The Hall–Kier alpha value is -0.830. The van der Waals surface area contributed by atoms with Crippen molar-refractivity contribution in [3.05, 3.63) is 11.6 Å². The van der Waals surface area contributed by atoms with Crippen LogP contribution in [0.25, 0.3) is 0 Å². The van der Waals surface area contributed by atoms with Gasteiger partial charge in [0.1, 0.15) is 0 Å². The second kappa shape index (κ2) is 6.62. The molecule has 0 aliphatic heterocycles. The molecule has 0 amide bonds. The minimum atomic E-state index is -0.892. The molecule has 1 N–H and O–H groups in total. The maximum Gasteiger partial charge on any atom is 0.328 e. The van der Waals surface area contributed by atoms with Crippen molar-refractivity contribution in [2.24, 2.45) is 0 Å². The van der Waals surface area contributed by atoms with Crippen molar-refractivity contribution < 1.29 is 14.6 Å². The Morgan fingerprint density at radius 1 is 1.33 bits per heavy atom. The van der Waals surface area contributed by atoms with Gasteiger partial charge in [-0.2, -0.15) is 0 Å². The predicted octanol–water partition coefficient (Wildman–Crippen LogP) is 2.76. The lowest BCUT2D eigenvalue weighted by atomic mass is 10.1. The summed E-state index contributed by atoms with van der Waals surface area (Å²) < 4.78 is 5.69. The van der Waals surface area contributed by atoms with Crippen LogP contribution in [0.3, 0.4) is 0 Å². The normalized spacial score (nSPS) is 19.9. The van der Waals surface area contributed by atoms with E-state index < -0.39 is 5.97 Å². The molecule has 0 radical (unpaired) electrons. The first-order chi connectivity index (χ1) is 7.18. The average molecular weight is 212 g/mol. The molecule has 86 valence electrons. The third-order valence-corrected chi connectivity index (χ3v) is 2.72. The Bertz CT molecular complexity index is 225. The summed E-state index contributed by atoms with van der Waals surface area (Å²) in [7, 11) is 0.